The molecular formula is C13H6ClF3N2O. The standard InChI is InChI=1S/C13H6ClF3N2O/c14-6-3-9-10(4-8(6)18)20-13(19-9)5-1-2-7(15)12(17)11(5)16/h1-4H,18H2. The molecule has 3 aromatic rings. The van der Waals surface area contributed by atoms with Gasteiger partial charge in [0, 0.05) is 6.07 Å². The van der Waals surface area contributed by atoms with Gasteiger partial charge in [-0.2, -0.15) is 0 Å². The largest absolute Gasteiger partial charge is 0.436 e. The van der Waals surface area contributed by atoms with Gasteiger partial charge in [0.25, 0.3) is 0 Å². The molecule has 0 saturated carbocycles. The first-order chi connectivity index (χ1) is 9.47. The van der Waals surface area contributed by atoms with Crippen LogP contribution in [0.5, 0.6) is 0 Å². The van der Waals surface area contributed by atoms with Crippen LogP contribution in [0.15, 0.2) is 28.7 Å². The number of benzene rings is 2. The predicted molar refractivity (Wildman–Crippen MR) is 68.7 cm³/mol. The lowest BCUT2D eigenvalue weighted by Gasteiger charge is -1.99. The summed E-state index contributed by atoms with van der Waals surface area (Å²) in [5, 5.41) is 0.267. The number of nitrogens with two attached hydrogens (primary N) is 1. The zero-order valence-corrected chi connectivity index (χ0v) is 10.5. The van der Waals surface area contributed by atoms with Crippen molar-refractivity contribution >= 4 is 28.4 Å². The second-order valence-electron chi connectivity index (χ2n) is 4.08. The number of rotatable bonds is 1. The summed E-state index contributed by atoms with van der Waals surface area (Å²) in [6, 6.07) is 4.70. The number of anilines is 1. The molecule has 0 aliphatic rings. The molecule has 3 rings (SSSR count). The number of hydrogen-bond acceptors (Lipinski definition) is 3. The summed E-state index contributed by atoms with van der Waals surface area (Å²) in [4.78, 5) is 3.98. The van der Waals surface area contributed by atoms with Gasteiger partial charge in [0.1, 0.15) is 5.52 Å². The molecule has 0 saturated heterocycles. The van der Waals surface area contributed by atoms with Gasteiger partial charge in [-0.05, 0) is 18.2 Å². The van der Waals surface area contributed by atoms with Crippen molar-refractivity contribution in [3.63, 3.8) is 0 Å². The molecule has 0 radical (unpaired) electrons. The molecule has 3 nitrogen and oxygen atoms in total. The van der Waals surface area contributed by atoms with Crippen molar-refractivity contribution in [1.29, 1.82) is 0 Å². The summed E-state index contributed by atoms with van der Waals surface area (Å²) < 4.78 is 45.0. The van der Waals surface area contributed by atoms with Gasteiger partial charge in [-0.3, -0.25) is 0 Å². The van der Waals surface area contributed by atoms with E-state index in [9.17, 15) is 13.2 Å². The highest BCUT2D eigenvalue weighted by molar-refractivity contribution is 6.33. The summed E-state index contributed by atoms with van der Waals surface area (Å²) in [6.07, 6.45) is 0. The topological polar surface area (TPSA) is 52.0 Å². The number of halogens is 4. The van der Waals surface area contributed by atoms with Crippen LogP contribution in [0.4, 0.5) is 18.9 Å². The third kappa shape index (κ3) is 1.89. The Kier molecular flexibility index (Phi) is 2.83. The number of oxazole rings is 1. The molecule has 0 atom stereocenters. The highest BCUT2D eigenvalue weighted by Gasteiger charge is 2.19. The van der Waals surface area contributed by atoms with E-state index in [2.05, 4.69) is 4.98 Å². The lowest BCUT2D eigenvalue weighted by molar-refractivity contribution is 0.446. The second-order valence-corrected chi connectivity index (χ2v) is 4.49. The van der Waals surface area contributed by atoms with Crippen molar-refractivity contribution < 1.29 is 17.6 Å². The number of nitrogens with zero attached hydrogens (tertiary/aromatic N) is 1. The number of hydrogen-bond donors (Lipinski definition) is 1. The zero-order valence-electron chi connectivity index (χ0n) is 9.75. The van der Waals surface area contributed by atoms with Crippen LogP contribution in [0.1, 0.15) is 0 Å². The summed E-state index contributed by atoms with van der Waals surface area (Å²) >= 11 is 5.83. The maximum absolute atomic E-state index is 13.7. The lowest BCUT2D eigenvalue weighted by atomic mass is 10.2. The molecule has 0 aliphatic carbocycles. The molecule has 1 heterocycles. The van der Waals surface area contributed by atoms with E-state index in [4.69, 9.17) is 21.8 Å². The van der Waals surface area contributed by atoms with E-state index in [1.165, 1.54) is 12.1 Å². The molecule has 0 unspecified atom stereocenters. The highest BCUT2D eigenvalue weighted by atomic mass is 35.5. The smallest absolute Gasteiger partial charge is 0.230 e. The summed E-state index contributed by atoms with van der Waals surface area (Å²) in [6.45, 7) is 0. The molecule has 0 fully saturated rings. The Morgan fingerprint density at radius 1 is 1.10 bits per heavy atom. The first-order valence-corrected chi connectivity index (χ1v) is 5.84. The number of fused-ring (bicyclic) bond motifs is 1. The third-order valence-corrected chi connectivity index (χ3v) is 3.10. The van der Waals surface area contributed by atoms with Crippen LogP contribution < -0.4 is 5.73 Å². The fourth-order valence-electron chi connectivity index (χ4n) is 1.77. The van der Waals surface area contributed by atoms with E-state index in [0.717, 1.165) is 12.1 Å². The van der Waals surface area contributed by atoms with Gasteiger partial charge in [0.15, 0.2) is 23.0 Å². The number of aromatic nitrogens is 1. The average Bonchev–Trinajstić information content (AvgIpc) is 2.79. The minimum Gasteiger partial charge on any atom is -0.436 e. The zero-order chi connectivity index (χ0) is 14.4. The van der Waals surface area contributed by atoms with E-state index in [0.29, 0.717) is 5.52 Å². The van der Waals surface area contributed by atoms with Crippen LogP contribution in [-0.2, 0) is 0 Å². The SMILES string of the molecule is Nc1cc2oc(-c3ccc(F)c(F)c3F)nc2cc1Cl. The predicted octanol–water partition coefficient (Wildman–Crippen LogP) is 4.15. The molecule has 102 valence electrons. The van der Waals surface area contributed by atoms with E-state index in [1.807, 2.05) is 0 Å². The average molecular weight is 299 g/mol. The fourth-order valence-corrected chi connectivity index (χ4v) is 1.93. The fraction of sp³-hybridized carbons (Fsp3) is 0. The Hall–Kier alpha value is -2.21. The van der Waals surface area contributed by atoms with Gasteiger partial charge >= 0.3 is 0 Å². The monoisotopic (exact) mass is 298 g/mol. The first-order valence-electron chi connectivity index (χ1n) is 5.47. The Labute approximate surface area is 115 Å². The first kappa shape index (κ1) is 12.8. The Balaban J connectivity index is 2.23. The molecule has 2 aromatic carbocycles. The van der Waals surface area contributed by atoms with Crippen LogP contribution in [0.3, 0.4) is 0 Å². The molecule has 0 spiro atoms. The molecule has 20 heavy (non-hydrogen) atoms. The van der Waals surface area contributed by atoms with E-state index in [-0.39, 0.29) is 27.7 Å². The molecule has 2 N–H and O–H groups in total. The minimum atomic E-state index is -1.58. The van der Waals surface area contributed by atoms with E-state index in [1.54, 1.807) is 0 Å². The van der Waals surface area contributed by atoms with Crippen molar-refractivity contribution in [3.05, 3.63) is 46.7 Å². The van der Waals surface area contributed by atoms with E-state index < -0.39 is 17.5 Å². The van der Waals surface area contributed by atoms with Crippen LogP contribution >= 0.6 is 11.6 Å². The third-order valence-electron chi connectivity index (χ3n) is 2.77. The minimum absolute atomic E-state index is 0.182. The Morgan fingerprint density at radius 2 is 1.85 bits per heavy atom. The van der Waals surface area contributed by atoms with Gasteiger partial charge in [-0.15, -0.1) is 0 Å². The van der Waals surface area contributed by atoms with Crippen LogP contribution in [0, 0.1) is 17.5 Å². The molecule has 0 amide bonds. The summed E-state index contributed by atoms with van der Waals surface area (Å²) in [5.74, 6) is -4.41. The van der Waals surface area contributed by atoms with Gasteiger partial charge in [0.2, 0.25) is 5.89 Å². The van der Waals surface area contributed by atoms with Crippen molar-refractivity contribution in [1.82, 2.24) is 4.98 Å². The van der Waals surface area contributed by atoms with Gasteiger partial charge in [-0.1, -0.05) is 11.6 Å². The molecular weight excluding hydrogens is 293 g/mol. The molecule has 0 aliphatic heterocycles. The van der Waals surface area contributed by atoms with Crippen LogP contribution in [-0.4, -0.2) is 4.98 Å². The molecule has 0 bridgehead atoms. The molecule has 1 aromatic heterocycles. The summed E-state index contributed by atoms with van der Waals surface area (Å²) in [7, 11) is 0. The highest BCUT2D eigenvalue weighted by Crippen LogP contribution is 2.31. The van der Waals surface area contributed by atoms with Crippen molar-refractivity contribution in [3.8, 4) is 11.5 Å². The normalized spacial score (nSPS) is 11.2. The van der Waals surface area contributed by atoms with Crippen molar-refractivity contribution in [2.75, 3.05) is 5.73 Å². The second kappa shape index (κ2) is 4.42. The van der Waals surface area contributed by atoms with Crippen molar-refractivity contribution in [2.45, 2.75) is 0 Å². The van der Waals surface area contributed by atoms with Gasteiger partial charge in [0.05, 0.1) is 16.3 Å². The van der Waals surface area contributed by atoms with Crippen LogP contribution in [0.25, 0.3) is 22.6 Å². The maximum atomic E-state index is 13.7. The quantitative estimate of drug-likeness (QED) is 0.542. The van der Waals surface area contributed by atoms with Crippen molar-refractivity contribution in [2.24, 2.45) is 0 Å². The lowest BCUT2D eigenvalue weighted by Crippen LogP contribution is -1.93. The van der Waals surface area contributed by atoms with Gasteiger partial charge < -0.3 is 10.2 Å². The Bertz CT molecular complexity index is 793. The van der Waals surface area contributed by atoms with E-state index >= 15 is 0 Å². The van der Waals surface area contributed by atoms with Gasteiger partial charge in [-0.25, -0.2) is 18.2 Å². The number of nitrogen functional groups attached to an aromatic ring is 1. The maximum Gasteiger partial charge on any atom is 0.230 e. The van der Waals surface area contributed by atoms with Crippen LogP contribution in [0.2, 0.25) is 5.02 Å². The Morgan fingerprint density at radius 3 is 2.60 bits per heavy atom. The molecule has 7 heteroatoms. The summed E-state index contributed by atoms with van der Waals surface area (Å²) in [5.41, 5.74) is 6.20.